The molecule has 1 fully saturated rings. The van der Waals surface area contributed by atoms with Crippen LogP contribution in [0.4, 0.5) is 0 Å². The van der Waals surface area contributed by atoms with E-state index in [1.807, 2.05) is 0 Å². The SMILES string of the molecule is Cc1ccccc1C(CBr)(CBr)CC1CCC(C)O1. The van der Waals surface area contributed by atoms with E-state index in [1.54, 1.807) is 0 Å². The van der Waals surface area contributed by atoms with Crippen LogP contribution in [0.25, 0.3) is 0 Å². The van der Waals surface area contributed by atoms with Gasteiger partial charge in [-0.2, -0.15) is 0 Å². The van der Waals surface area contributed by atoms with Crippen molar-refractivity contribution in [3.63, 3.8) is 0 Å². The number of benzene rings is 1. The molecule has 19 heavy (non-hydrogen) atoms. The standard InChI is InChI=1S/C16H22Br2O/c1-12-5-3-4-6-15(12)16(10-17,11-18)9-14-8-7-13(2)19-14/h3-6,13-14H,7-11H2,1-2H3. The average molecular weight is 390 g/mol. The molecule has 1 aromatic carbocycles. The van der Waals surface area contributed by atoms with Crippen LogP contribution in [0.15, 0.2) is 24.3 Å². The van der Waals surface area contributed by atoms with Crippen molar-refractivity contribution in [1.82, 2.24) is 0 Å². The van der Waals surface area contributed by atoms with E-state index in [0.717, 1.165) is 17.1 Å². The predicted molar refractivity (Wildman–Crippen MR) is 88.6 cm³/mol. The Kier molecular flexibility index (Phi) is 5.50. The molecule has 0 bridgehead atoms. The summed E-state index contributed by atoms with van der Waals surface area (Å²) < 4.78 is 6.04. The average Bonchev–Trinajstić information content (AvgIpc) is 2.82. The van der Waals surface area contributed by atoms with Crippen molar-refractivity contribution in [2.24, 2.45) is 0 Å². The number of alkyl halides is 2. The van der Waals surface area contributed by atoms with Crippen molar-refractivity contribution in [3.8, 4) is 0 Å². The molecule has 0 amide bonds. The van der Waals surface area contributed by atoms with Gasteiger partial charge in [-0.05, 0) is 44.2 Å². The van der Waals surface area contributed by atoms with Gasteiger partial charge in [0.15, 0.2) is 0 Å². The van der Waals surface area contributed by atoms with E-state index >= 15 is 0 Å². The second kappa shape index (κ2) is 6.73. The topological polar surface area (TPSA) is 9.23 Å². The number of ether oxygens (including phenoxy) is 1. The van der Waals surface area contributed by atoms with Crippen LogP contribution in [0.5, 0.6) is 0 Å². The molecule has 0 aliphatic carbocycles. The third-order valence-corrected chi connectivity index (χ3v) is 6.31. The van der Waals surface area contributed by atoms with Crippen molar-refractivity contribution >= 4 is 31.9 Å². The molecule has 1 saturated heterocycles. The molecule has 1 heterocycles. The Morgan fingerprint density at radius 2 is 1.89 bits per heavy atom. The van der Waals surface area contributed by atoms with Gasteiger partial charge in [-0.3, -0.25) is 0 Å². The van der Waals surface area contributed by atoms with Gasteiger partial charge < -0.3 is 4.74 Å². The van der Waals surface area contributed by atoms with Crippen molar-refractivity contribution in [2.45, 2.75) is 50.7 Å². The summed E-state index contributed by atoms with van der Waals surface area (Å²) in [7, 11) is 0. The molecule has 106 valence electrons. The highest BCUT2D eigenvalue weighted by Crippen LogP contribution is 2.38. The fourth-order valence-corrected chi connectivity index (χ4v) is 5.03. The smallest absolute Gasteiger partial charge is 0.0588 e. The lowest BCUT2D eigenvalue weighted by molar-refractivity contribution is 0.0405. The fraction of sp³-hybridized carbons (Fsp3) is 0.625. The van der Waals surface area contributed by atoms with Gasteiger partial charge in [0.25, 0.3) is 0 Å². The zero-order valence-corrected chi connectivity index (χ0v) is 14.8. The summed E-state index contributed by atoms with van der Waals surface area (Å²) in [6.07, 6.45) is 4.28. The Bertz CT molecular complexity index is 415. The first-order valence-corrected chi connectivity index (χ1v) is 9.19. The molecule has 0 spiro atoms. The molecule has 1 aromatic rings. The number of hydrogen-bond acceptors (Lipinski definition) is 1. The van der Waals surface area contributed by atoms with Crippen LogP contribution in [0.1, 0.15) is 37.3 Å². The Morgan fingerprint density at radius 3 is 2.42 bits per heavy atom. The fourth-order valence-electron chi connectivity index (χ4n) is 3.04. The van der Waals surface area contributed by atoms with Crippen molar-refractivity contribution in [1.29, 1.82) is 0 Å². The van der Waals surface area contributed by atoms with Gasteiger partial charge in [0, 0.05) is 16.1 Å². The highest BCUT2D eigenvalue weighted by molar-refractivity contribution is 9.09. The van der Waals surface area contributed by atoms with Crippen LogP contribution in [-0.4, -0.2) is 22.9 Å². The number of aryl methyl sites for hydroxylation is 1. The summed E-state index contributed by atoms with van der Waals surface area (Å²) in [6, 6.07) is 8.71. The van der Waals surface area contributed by atoms with Crippen LogP contribution < -0.4 is 0 Å². The first kappa shape index (κ1) is 15.5. The van der Waals surface area contributed by atoms with Crippen LogP contribution in [0.3, 0.4) is 0 Å². The minimum Gasteiger partial charge on any atom is -0.375 e. The first-order chi connectivity index (χ1) is 9.11. The van der Waals surface area contributed by atoms with Crippen LogP contribution in [-0.2, 0) is 10.2 Å². The Hall–Kier alpha value is 0.140. The summed E-state index contributed by atoms with van der Waals surface area (Å²) >= 11 is 7.48. The van der Waals surface area contributed by atoms with Gasteiger partial charge >= 0.3 is 0 Å². The zero-order valence-electron chi connectivity index (χ0n) is 11.7. The quantitative estimate of drug-likeness (QED) is 0.645. The molecule has 2 unspecified atom stereocenters. The number of rotatable bonds is 5. The van der Waals surface area contributed by atoms with Crippen LogP contribution in [0.2, 0.25) is 0 Å². The maximum Gasteiger partial charge on any atom is 0.0588 e. The second-order valence-electron chi connectivity index (χ2n) is 5.71. The monoisotopic (exact) mass is 388 g/mol. The van der Waals surface area contributed by atoms with Crippen LogP contribution in [0, 0.1) is 6.92 Å². The third-order valence-electron chi connectivity index (χ3n) is 4.17. The molecular formula is C16H22Br2O. The van der Waals surface area contributed by atoms with Gasteiger partial charge in [0.2, 0.25) is 0 Å². The molecule has 0 N–H and O–H groups in total. The molecule has 1 aliphatic rings. The normalized spacial score (nSPS) is 23.8. The molecule has 1 nitrogen and oxygen atoms in total. The molecule has 0 saturated carbocycles. The minimum absolute atomic E-state index is 0.125. The Morgan fingerprint density at radius 1 is 1.21 bits per heavy atom. The lowest BCUT2D eigenvalue weighted by Gasteiger charge is -2.34. The van der Waals surface area contributed by atoms with Gasteiger partial charge in [-0.1, -0.05) is 56.1 Å². The Labute approximate surface area is 133 Å². The van der Waals surface area contributed by atoms with E-state index in [1.165, 1.54) is 24.0 Å². The zero-order chi connectivity index (χ0) is 13.9. The van der Waals surface area contributed by atoms with Crippen molar-refractivity contribution in [3.05, 3.63) is 35.4 Å². The highest BCUT2D eigenvalue weighted by Gasteiger charge is 2.36. The maximum atomic E-state index is 6.04. The summed E-state index contributed by atoms with van der Waals surface area (Å²) in [5, 5.41) is 1.93. The summed E-state index contributed by atoms with van der Waals surface area (Å²) in [4.78, 5) is 0. The van der Waals surface area contributed by atoms with Crippen LogP contribution >= 0.6 is 31.9 Å². The summed E-state index contributed by atoms with van der Waals surface area (Å²) in [5.74, 6) is 0. The van der Waals surface area contributed by atoms with E-state index < -0.39 is 0 Å². The van der Waals surface area contributed by atoms with Gasteiger partial charge in [-0.15, -0.1) is 0 Å². The van der Waals surface area contributed by atoms with Gasteiger partial charge in [0.1, 0.15) is 0 Å². The van der Waals surface area contributed by atoms with E-state index in [2.05, 4.69) is 70.0 Å². The molecule has 2 atom stereocenters. The Balaban J connectivity index is 2.25. The van der Waals surface area contributed by atoms with E-state index in [4.69, 9.17) is 4.74 Å². The third kappa shape index (κ3) is 3.43. The molecule has 2 rings (SSSR count). The summed E-state index contributed by atoms with van der Waals surface area (Å²) in [6.45, 7) is 4.38. The first-order valence-electron chi connectivity index (χ1n) is 6.95. The maximum absolute atomic E-state index is 6.04. The lowest BCUT2D eigenvalue weighted by atomic mass is 9.77. The number of hydrogen-bond donors (Lipinski definition) is 0. The largest absolute Gasteiger partial charge is 0.375 e. The molecule has 0 radical (unpaired) electrons. The molecule has 0 aromatic heterocycles. The van der Waals surface area contributed by atoms with Gasteiger partial charge in [0.05, 0.1) is 12.2 Å². The summed E-state index contributed by atoms with van der Waals surface area (Å²) in [5.41, 5.74) is 2.93. The predicted octanol–water partition coefficient (Wildman–Crippen LogP) is 4.98. The lowest BCUT2D eigenvalue weighted by Crippen LogP contribution is -2.35. The second-order valence-corrected chi connectivity index (χ2v) is 6.83. The molecule has 1 aliphatic heterocycles. The number of halogens is 2. The van der Waals surface area contributed by atoms with Crippen molar-refractivity contribution in [2.75, 3.05) is 10.7 Å². The highest BCUT2D eigenvalue weighted by atomic mass is 79.9. The van der Waals surface area contributed by atoms with E-state index in [-0.39, 0.29) is 5.41 Å². The van der Waals surface area contributed by atoms with Crippen molar-refractivity contribution < 1.29 is 4.74 Å². The minimum atomic E-state index is 0.125. The van der Waals surface area contributed by atoms with E-state index in [0.29, 0.717) is 12.2 Å². The molecular weight excluding hydrogens is 368 g/mol. The van der Waals surface area contributed by atoms with E-state index in [9.17, 15) is 0 Å². The van der Waals surface area contributed by atoms with Gasteiger partial charge in [-0.25, -0.2) is 0 Å². The molecule has 3 heteroatoms.